The number of hydrogen-bond acceptors (Lipinski definition) is 5. The van der Waals surface area contributed by atoms with Crippen LogP contribution in [0.4, 0.5) is 0 Å². The van der Waals surface area contributed by atoms with E-state index in [9.17, 15) is 9.90 Å². The first kappa shape index (κ1) is 12.1. The molecule has 2 N–H and O–H groups in total. The Morgan fingerprint density at radius 2 is 2.33 bits per heavy atom. The van der Waals surface area contributed by atoms with Crippen molar-refractivity contribution in [2.75, 3.05) is 6.54 Å². The minimum atomic E-state index is -0.567. The third-order valence-corrected chi connectivity index (χ3v) is 2.70. The first-order chi connectivity index (χ1) is 6.91. The van der Waals surface area contributed by atoms with E-state index < -0.39 is 6.10 Å². The van der Waals surface area contributed by atoms with Crippen LogP contribution in [0.25, 0.3) is 0 Å². The van der Waals surface area contributed by atoms with Crippen LogP contribution in [0.1, 0.15) is 30.4 Å². The summed E-state index contributed by atoms with van der Waals surface area (Å²) in [5.41, 5.74) is -0.237. The second-order valence-electron chi connectivity index (χ2n) is 4.37. The summed E-state index contributed by atoms with van der Waals surface area (Å²) in [5, 5.41) is 15.9. The molecule has 0 aliphatic carbocycles. The first-order valence-corrected chi connectivity index (χ1v) is 5.42. The van der Waals surface area contributed by atoms with E-state index in [0.717, 1.165) is 11.5 Å². The fourth-order valence-corrected chi connectivity index (χ4v) is 1.28. The Hall–Kier alpha value is -1.01. The van der Waals surface area contributed by atoms with Crippen LogP contribution in [0.2, 0.25) is 0 Å². The number of amides is 1. The summed E-state index contributed by atoms with van der Waals surface area (Å²) in [4.78, 5) is 11.9. The highest BCUT2D eigenvalue weighted by Gasteiger charge is 2.22. The topological polar surface area (TPSA) is 75.1 Å². The lowest BCUT2D eigenvalue weighted by Gasteiger charge is -2.25. The predicted octanol–water partition coefficient (Wildman–Crippen LogP) is 0.675. The summed E-state index contributed by atoms with van der Waals surface area (Å²) in [6.07, 6.45) is 0.839. The molecule has 0 saturated heterocycles. The predicted molar refractivity (Wildman–Crippen MR) is 57.7 cm³/mol. The van der Waals surface area contributed by atoms with Gasteiger partial charge in [-0.25, -0.2) is 0 Å². The van der Waals surface area contributed by atoms with Crippen molar-refractivity contribution in [1.82, 2.24) is 14.9 Å². The van der Waals surface area contributed by atoms with Crippen molar-refractivity contribution in [2.45, 2.75) is 26.9 Å². The molecule has 0 spiro atoms. The van der Waals surface area contributed by atoms with Gasteiger partial charge in [-0.05, 0) is 16.9 Å². The molecule has 15 heavy (non-hydrogen) atoms. The molecule has 1 aromatic rings. The fourth-order valence-electron chi connectivity index (χ4n) is 0.850. The van der Waals surface area contributed by atoms with E-state index in [1.54, 1.807) is 0 Å². The van der Waals surface area contributed by atoms with Crippen molar-refractivity contribution in [2.24, 2.45) is 5.41 Å². The van der Waals surface area contributed by atoms with Crippen LogP contribution in [0.15, 0.2) is 6.20 Å². The summed E-state index contributed by atoms with van der Waals surface area (Å²) in [7, 11) is 0. The number of aliphatic hydroxyl groups is 1. The van der Waals surface area contributed by atoms with Crippen LogP contribution < -0.4 is 5.32 Å². The second kappa shape index (κ2) is 4.67. The number of aromatic nitrogens is 2. The number of nitrogens with one attached hydrogen (secondary N) is 1. The van der Waals surface area contributed by atoms with E-state index in [-0.39, 0.29) is 17.9 Å². The molecule has 1 rings (SSSR count). The van der Waals surface area contributed by atoms with Gasteiger partial charge in [-0.2, -0.15) is 0 Å². The van der Waals surface area contributed by atoms with Gasteiger partial charge in [0, 0.05) is 6.54 Å². The van der Waals surface area contributed by atoms with Crippen molar-refractivity contribution in [3.63, 3.8) is 0 Å². The van der Waals surface area contributed by atoms with E-state index in [0.29, 0.717) is 4.88 Å². The summed E-state index contributed by atoms with van der Waals surface area (Å²) in [5.74, 6) is -0.242. The summed E-state index contributed by atoms with van der Waals surface area (Å²) < 4.78 is 3.59. The van der Waals surface area contributed by atoms with Gasteiger partial charge in [0.2, 0.25) is 0 Å². The number of carbonyl (C=O) groups excluding carboxylic acids is 1. The molecule has 84 valence electrons. The molecule has 0 radical (unpaired) electrons. The molecular weight excluding hydrogens is 214 g/mol. The minimum absolute atomic E-state index is 0.236. The normalized spacial score (nSPS) is 13.6. The standard InChI is InChI=1S/C9H15N3O2S/c1-9(2,3)7(13)5-10-8(14)6-4-11-12-15-6/h4,7,13H,5H2,1-3H3,(H,10,14). The molecule has 5 nitrogen and oxygen atoms in total. The zero-order chi connectivity index (χ0) is 11.5. The number of aliphatic hydroxyl groups excluding tert-OH is 1. The highest BCUT2D eigenvalue weighted by Crippen LogP contribution is 2.18. The highest BCUT2D eigenvalue weighted by molar-refractivity contribution is 7.07. The quantitative estimate of drug-likeness (QED) is 0.799. The molecule has 0 aromatic carbocycles. The Morgan fingerprint density at radius 1 is 1.67 bits per heavy atom. The molecular formula is C9H15N3O2S. The average Bonchev–Trinajstić information content (AvgIpc) is 2.64. The average molecular weight is 229 g/mol. The Morgan fingerprint density at radius 3 is 2.80 bits per heavy atom. The molecule has 1 aromatic heterocycles. The third kappa shape index (κ3) is 3.56. The highest BCUT2D eigenvalue weighted by atomic mass is 32.1. The molecule has 0 fully saturated rings. The van der Waals surface area contributed by atoms with Gasteiger partial charge >= 0.3 is 0 Å². The molecule has 0 aliphatic rings. The number of nitrogens with zero attached hydrogens (tertiary/aromatic N) is 2. The van der Waals surface area contributed by atoms with E-state index in [2.05, 4.69) is 14.9 Å². The Balaban J connectivity index is 2.42. The minimum Gasteiger partial charge on any atom is -0.391 e. The number of rotatable bonds is 3. The van der Waals surface area contributed by atoms with Crippen LogP contribution in [0.5, 0.6) is 0 Å². The molecule has 0 saturated carbocycles. The largest absolute Gasteiger partial charge is 0.391 e. The molecule has 1 atom stereocenters. The molecule has 0 aliphatic heterocycles. The van der Waals surface area contributed by atoms with E-state index in [1.807, 2.05) is 20.8 Å². The van der Waals surface area contributed by atoms with Gasteiger partial charge in [0.25, 0.3) is 5.91 Å². The summed E-state index contributed by atoms with van der Waals surface area (Å²) in [6.45, 7) is 5.98. The monoisotopic (exact) mass is 229 g/mol. The second-order valence-corrected chi connectivity index (χ2v) is 5.16. The summed E-state index contributed by atoms with van der Waals surface area (Å²) in [6, 6.07) is 0. The van der Waals surface area contributed by atoms with E-state index in [1.165, 1.54) is 6.20 Å². The molecule has 6 heteroatoms. The molecule has 1 unspecified atom stereocenters. The van der Waals surface area contributed by atoms with Gasteiger partial charge in [0.1, 0.15) is 4.88 Å². The molecule has 1 amide bonds. The van der Waals surface area contributed by atoms with Gasteiger partial charge in [-0.15, -0.1) is 5.10 Å². The number of carbonyl (C=O) groups is 1. The lowest BCUT2D eigenvalue weighted by atomic mass is 9.89. The van der Waals surface area contributed by atoms with Crippen molar-refractivity contribution in [1.29, 1.82) is 0 Å². The third-order valence-electron chi connectivity index (χ3n) is 2.04. The van der Waals surface area contributed by atoms with Crippen LogP contribution in [-0.4, -0.2) is 33.2 Å². The molecule has 1 heterocycles. The first-order valence-electron chi connectivity index (χ1n) is 4.65. The fraction of sp³-hybridized carbons (Fsp3) is 0.667. The molecule has 0 bridgehead atoms. The van der Waals surface area contributed by atoms with E-state index in [4.69, 9.17) is 0 Å². The van der Waals surface area contributed by atoms with Gasteiger partial charge in [-0.3, -0.25) is 4.79 Å². The zero-order valence-corrected chi connectivity index (χ0v) is 9.84. The van der Waals surface area contributed by atoms with Gasteiger partial charge in [-0.1, -0.05) is 25.3 Å². The Labute approximate surface area is 92.7 Å². The lowest BCUT2D eigenvalue weighted by Crippen LogP contribution is -2.39. The van der Waals surface area contributed by atoms with Gasteiger partial charge in [0.15, 0.2) is 0 Å². The van der Waals surface area contributed by atoms with Crippen molar-refractivity contribution in [3.8, 4) is 0 Å². The van der Waals surface area contributed by atoms with Crippen LogP contribution in [0.3, 0.4) is 0 Å². The van der Waals surface area contributed by atoms with Crippen LogP contribution >= 0.6 is 11.5 Å². The zero-order valence-electron chi connectivity index (χ0n) is 9.02. The number of hydrogen-bond donors (Lipinski definition) is 2. The van der Waals surface area contributed by atoms with Crippen molar-refractivity contribution in [3.05, 3.63) is 11.1 Å². The van der Waals surface area contributed by atoms with E-state index >= 15 is 0 Å². The van der Waals surface area contributed by atoms with Crippen LogP contribution in [0, 0.1) is 5.41 Å². The SMILES string of the molecule is CC(C)(C)C(O)CNC(=O)c1cnns1. The van der Waals surface area contributed by atoms with Crippen LogP contribution in [-0.2, 0) is 0 Å². The van der Waals surface area contributed by atoms with Gasteiger partial charge in [0.05, 0.1) is 12.3 Å². The van der Waals surface area contributed by atoms with Crippen molar-refractivity contribution < 1.29 is 9.90 Å². The maximum Gasteiger partial charge on any atom is 0.264 e. The smallest absolute Gasteiger partial charge is 0.264 e. The van der Waals surface area contributed by atoms with Crippen molar-refractivity contribution >= 4 is 17.4 Å². The summed E-state index contributed by atoms with van der Waals surface area (Å²) >= 11 is 1.04. The maximum absolute atomic E-state index is 11.4. The lowest BCUT2D eigenvalue weighted by molar-refractivity contribution is 0.0588. The van der Waals surface area contributed by atoms with Gasteiger partial charge < -0.3 is 10.4 Å². The maximum atomic E-state index is 11.4. The Bertz CT molecular complexity index is 319. The Kier molecular flexibility index (Phi) is 3.76.